The SMILES string of the molecule is Cc1ccc(-n2nnnc2NCc2ccc(S(=O)(=O)N(C)C)s2)cc1. The van der Waals surface area contributed by atoms with Crippen molar-refractivity contribution >= 4 is 27.3 Å². The number of hydrogen-bond acceptors (Lipinski definition) is 7. The Morgan fingerprint density at radius 2 is 1.88 bits per heavy atom. The van der Waals surface area contributed by atoms with E-state index in [4.69, 9.17) is 0 Å². The van der Waals surface area contributed by atoms with Crippen molar-refractivity contribution in [1.82, 2.24) is 24.5 Å². The van der Waals surface area contributed by atoms with Crippen molar-refractivity contribution in [3.63, 3.8) is 0 Å². The topological polar surface area (TPSA) is 93.0 Å². The maximum atomic E-state index is 12.1. The molecule has 132 valence electrons. The third-order valence-electron chi connectivity index (χ3n) is 3.54. The summed E-state index contributed by atoms with van der Waals surface area (Å²) >= 11 is 1.22. The molecule has 0 unspecified atom stereocenters. The fraction of sp³-hybridized carbons (Fsp3) is 0.267. The minimum absolute atomic E-state index is 0.312. The predicted octanol–water partition coefficient (Wildman–Crippen LogP) is 1.89. The largest absolute Gasteiger partial charge is 0.348 e. The molecule has 0 amide bonds. The first-order chi connectivity index (χ1) is 11.9. The van der Waals surface area contributed by atoms with Gasteiger partial charge in [0.2, 0.25) is 5.95 Å². The lowest BCUT2D eigenvalue weighted by Crippen LogP contribution is -2.21. The number of thiophene rings is 1. The van der Waals surface area contributed by atoms with E-state index in [1.165, 1.54) is 29.7 Å². The van der Waals surface area contributed by atoms with E-state index in [1.807, 2.05) is 31.2 Å². The van der Waals surface area contributed by atoms with Gasteiger partial charge in [-0.1, -0.05) is 22.8 Å². The molecule has 0 radical (unpaired) electrons. The van der Waals surface area contributed by atoms with Gasteiger partial charge in [0, 0.05) is 19.0 Å². The average molecular weight is 378 g/mol. The molecule has 1 N–H and O–H groups in total. The summed E-state index contributed by atoms with van der Waals surface area (Å²) in [5.74, 6) is 0.495. The lowest BCUT2D eigenvalue weighted by Gasteiger charge is -2.08. The van der Waals surface area contributed by atoms with Gasteiger partial charge in [-0.05, 0) is 41.6 Å². The fourth-order valence-electron chi connectivity index (χ4n) is 2.10. The van der Waals surface area contributed by atoms with Crippen molar-refractivity contribution in [1.29, 1.82) is 0 Å². The molecule has 0 bridgehead atoms. The van der Waals surface area contributed by atoms with Crippen LogP contribution >= 0.6 is 11.3 Å². The van der Waals surface area contributed by atoms with Gasteiger partial charge in [0.15, 0.2) is 0 Å². The van der Waals surface area contributed by atoms with Crippen LogP contribution in [0.4, 0.5) is 5.95 Å². The minimum Gasteiger partial charge on any atom is -0.348 e. The van der Waals surface area contributed by atoms with Crippen molar-refractivity contribution in [2.75, 3.05) is 19.4 Å². The smallest absolute Gasteiger partial charge is 0.252 e. The second kappa shape index (κ2) is 6.90. The Morgan fingerprint density at radius 3 is 2.56 bits per heavy atom. The predicted molar refractivity (Wildman–Crippen MR) is 96.4 cm³/mol. The van der Waals surface area contributed by atoms with Crippen LogP contribution in [-0.4, -0.2) is 47.0 Å². The second-order valence-electron chi connectivity index (χ2n) is 5.61. The Balaban J connectivity index is 1.75. The monoisotopic (exact) mass is 378 g/mol. The third kappa shape index (κ3) is 3.70. The van der Waals surface area contributed by atoms with E-state index in [-0.39, 0.29) is 0 Å². The van der Waals surface area contributed by atoms with E-state index in [0.717, 1.165) is 16.1 Å². The zero-order valence-electron chi connectivity index (χ0n) is 14.0. The first-order valence-corrected chi connectivity index (χ1v) is 9.74. The van der Waals surface area contributed by atoms with Crippen molar-refractivity contribution in [3.05, 3.63) is 46.8 Å². The molecule has 0 atom stereocenters. The van der Waals surface area contributed by atoms with Crippen molar-refractivity contribution in [2.45, 2.75) is 17.7 Å². The number of aromatic nitrogens is 4. The maximum Gasteiger partial charge on any atom is 0.252 e. The van der Waals surface area contributed by atoms with Crippen molar-refractivity contribution in [2.24, 2.45) is 0 Å². The van der Waals surface area contributed by atoms with Crippen LogP contribution in [0, 0.1) is 6.92 Å². The standard InChI is InChI=1S/C15H18N6O2S2/c1-11-4-6-12(7-5-11)21-15(17-18-19-21)16-10-13-8-9-14(24-13)25(22,23)20(2)3/h4-9H,10H2,1-3H3,(H,16,17,19). The Morgan fingerprint density at radius 1 is 1.16 bits per heavy atom. The number of tetrazole rings is 1. The van der Waals surface area contributed by atoms with Gasteiger partial charge in [-0.3, -0.25) is 0 Å². The van der Waals surface area contributed by atoms with Crippen LogP contribution in [0.2, 0.25) is 0 Å². The van der Waals surface area contributed by atoms with Gasteiger partial charge in [0.1, 0.15) is 4.21 Å². The summed E-state index contributed by atoms with van der Waals surface area (Å²) in [6, 6.07) is 11.2. The van der Waals surface area contributed by atoms with Gasteiger partial charge in [-0.15, -0.1) is 11.3 Å². The highest BCUT2D eigenvalue weighted by molar-refractivity contribution is 7.91. The number of hydrogen-bond donors (Lipinski definition) is 1. The summed E-state index contributed by atoms with van der Waals surface area (Å²) in [6.07, 6.45) is 0. The first kappa shape index (κ1) is 17.5. The number of anilines is 1. The molecule has 2 heterocycles. The summed E-state index contributed by atoms with van der Waals surface area (Å²) in [6.45, 7) is 2.44. The zero-order valence-corrected chi connectivity index (χ0v) is 15.7. The van der Waals surface area contributed by atoms with Crippen LogP contribution in [0.1, 0.15) is 10.4 Å². The zero-order chi connectivity index (χ0) is 18.0. The first-order valence-electron chi connectivity index (χ1n) is 7.48. The van der Waals surface area contributed by atoms with Crippen LogP contribution in [0.15, 0.2) is 40.6 Å². The number of aryl methyl sites for hydroxylation is 1. The molecule has 0 aliphatic carbocycles. The molecule has 10 heteroatoms. The van der Waals surface area contributed by atoms with Gasteiger partial charge in [0.25, 0.3) is 10.0 Å². The van der Waals surface area contributed by atoms with Crippen LogP contribution < -0.4 is 5.32 Å². The summed E-state index contributed by atoms with van der Waals surface area (Å²) < 4.78 is 27.4. The highest BCUT2D eigenvalue weighted by Gasteiger charge is 2.19. The summed E-state index contributed by atoms with van der Waals surface area (Å²) in [7, 11) is -0.372. The number of rotatable bonds is 6. The lowest BCUT2D eigenvalue weighted by molar-refractivity contribution is 0.523. The van der Waals surface area contributed by atoms with Crippen LogP contribution in [0.25, 0.3) is 5.69 Å². The number of sulfonamides is 1. The molecule has 3 rings (SSSR count). The number of nitrogens with one attached hydrogen (secondary N) is 1. The highest BCUT2D eigenvalue weighted by Crippen LogP contribution is 2.24. The van der Waals surface area contributed by atoms with E-state index < -0.39 is 10.0 Å². The molecule has 2 aromatic heterocycles. The van der Waals surface area contributed by atoms with Gasteiger partial charge < -0.3 is 5.32 Å². The molecule has 0 saturated heterocycles. The molecular weight excluding hydrogens is 360 g/mol. The Bertz CT molecular complexity index is 960. The Labute approximate surface area is 150 Å². The summed E-state index contributed by atoms with van der Waals surface area (Å²) in [4.78, 5) is 0.874. The summed E-state index contributed by atoms with van der Waals surface area (Å²) in [5.41, 5.74) is 2.00. The molecule has 25 heavy (non-hydrogen) atoms. The highest BCUT2D eigenvalue weighted by atomic mass is 32.2. The van der Waals surface area contributed by atoms with Crippen LogP contribution in [0.3, 0.4) is 0 Å². The van der Waals surface area contributed by atoms with Crippen LogP contribution in [0.5, 0.6) is 0 Å². The van der Waals surface area contributed by atoms with Gasteiger partial charge in [0.05, 0.1) is 12.2 Å². The number of nitrogens with zero attached hydrogens (tertiary/aromatic N) is 5. The van der Waals surface area contributed by atoms with E-state index in [9.17, 15) is 8.42 Å². The minimum atomic E-state index is -3.40. The van der Waals surface area contributed by atoms with Crippen LogP contribution in [-0.2, 0) is 16.6 Å². The molecule has 0 saturated carbocycles. The molecule has 0 fully saturated rings. The summed E-state index contributed by atoms with van der Waals surface area (Å²) in [5, 5.41) is 14.8. The van der Waals surface area contributed by atoms with E-state index in [0.29, 0.717) is 16.7 Å². The quantitative estimate of drug-likeness (QED) is 0.704. The van der Waals surface area contributed by atoms with Gasteiger partial charge in [-0.25, -0.2) is 12.7 Å². The number of benzene rings is 1. The fourth-order valence-corrected chi connectivity index (χ4v) is 4.56. The normalized spacial score (nSPS) is 11.8. The lowest BCUT2D eigenvalue weighted by atomic mass is 10.2. The molecule has 0 aliphatic rings. The van der Waals surface area contributed by atoms with E-state index in [2.05, 4.69) is 20.8 Å². The second-order valence-corrected chi connectivity index (χ2v) is 9.16. The third-order valence-corrected chi connectivity index (χ3v) is 6.91. The van der Waals surface area contributed by atoms with Gasteiger partial charge in [-0.2, -0.15) is 4.68 Å². The molecule has 0 spiro atoms. The average Bonchev–Trinajstić information content (AvgIpc) is 3.23. The molecular formula is C15H18N6O2S2. The Kier molecular flexibility index (Phi) is 4.84. The molecule has 8 nitrogen and oxygen atoms in total. The molecule has 1 aromatic carbocycles. The van der Waals surface area contributed by atoms with Crippen molar-refractivity contribution in [3.8, 4) is 5.69 Å². The van der Waals surface area contributed by atoms with E-state index >= 15 is 0 Å². The molecule has 0 aliphatic heterocycles. The molecule has 3 aromatic rings. The maximum absolute atomic E-state index is 12.1. The van der Waals surface area contributed by atoms with Crippen molar-refractivity contribution < 1.29 is 8.42 Å². The van der Waals surface area contributed by atoms with E-state index in [1.54, 1.807) is 16.8 Å². The van der Waals surface area contributed by atoms with Gasteiger partial charge >= 0.3 is 0 Å². The Hall–Kier alpha value is -2.30.